The summed E-state index contributed by atoms with van der Waals surface area (Å²) < 4.78 is 26.6. The van der Waals surface area contributed by atoms with Crippen molar-refractivity contribution in [1.29, 1.82) is 0 Å². The van der Waals surface area contributed by atoms with Gasteiger partial charge in [0.05, 0.1) is 46.8 Å². The Bertz CT molecular complexity index is 1520. The van der Waals surface area contributed by atoms with Gasteiger partial charge < -0.3 is 14.8 Å². The minimum Gasteiger partial charge on any atom is -0.456 e. The number of carbonyl (C=O) groups excluding carboxylic acids is 1. The number of hydrogen-bond acceptors (Lipinski definition) is 6. The molecule has 1 amide bonds. The number of pyridine rings is 1. The second-order valence-electron chi connectivity index (χ2n) is 11.0. The third-order valence-electron chi connectivity index (χ3n) is 6.72. The summed E-state index contributed by atoms with van der Waals surface area (Å²) in [7, 11) is -1.12. The lowest BCUT2D eigenvalue weighted by molar-refractivity contribution is -0.115. The first-order valence-corrected chi connectivity index (χ1v) is 14.4. The molecule has 4 aromatic rings. The van der Waals surface area contributed by atoms with E-state index in [0.29, 0.717) is 35.5 Å². The van der Waals surface area contributed by atoms with Crippen molar-refractivity contribution in [3.05, 3.63) is 72.2 Å². The maximum atomic E-state index is 13.0. The number of aryl methyl sites for hydroxylation is 1. The van der Waals surface area contributed by atoms with E-state index in [4.69, 9.17) is 9.47 Å². The quantitative estimate of drug-likeness (QED) is 0.309. The fourth-order valence-electron chi connectivity index (χ4n) is 4.56. The van der Waals surface area contributed by atoms with Crippen molar-refractivity contribution in [3.63, 3.8) is 0 Å². The monoisotopic (exact) mass is 546 g/mol. The molecule has 0 aliphatic carbocycles. The lowest BCUT2D eigenvalue weighted by Gasteiger charge is -2.18. The van der Waals surface area contributed by atoms with E-state index in [1.165, 1.54) is 0 Å². The molecule has 0 saturated carbocycles. The van der Waals surface area contributed by atoms with Crippen LogP contribution in [-0.2, 0) is 32.3 Å². The maximum Gasteiger partial charge on any atom is 0.228 e. The molecule has 1 aliphatic rings. The molecule has 1 aliphatic heterocycles. The summed E-state index contributed by atoms with van der Waals surface area (Å²) in [6.45, 7) is 9.54. The molecule has 2 aromatic carbocycles. The Labute approximate surface area is 231 Å². The van der Waals surface area contributed by atoms with Crippen LogP contribution in [0.15, 0.2) is 66.0 Å². The smallest absolute Gasteiger partial charge is 0.228 e. The zero-order chi connectivity index (χ0) is 27.6. The number of aromatic nitrogens is 3. The van der Waals surface area contributed by atoms with Crippen molar-refractivity contribution in [2.75, 3.05) is 24.3 Å². The van der Waals surface area contributed by atoms with Crippen LogP contribution in [0.25, 0.3) is 10.9 Å². The molecule has 2 unspecified atom stereocenters. The van der Waals surface area contributed by atoms with E-state index < -0.39 is 10.8 Å². The molecule has 1 saturated heterocycles. The van der Waals surface area contributed by atoms with Crippen LogP contribution >= 0.6 is 0 Å². The van der Waals surface area contributed by atoms with Gasteiger partial charge in [-0.05, 0) is 81.5 Å². The molecule has 8 nitrogen and oxygen atoms in total. The average molecular weight is 547 g/mol. The number of ether oxygens (including phenoxy) is 2. The highest BCUT2D eigenvalue weighted by atomic mass is 32.2. The summed E-state index contributed by atoms with van der Waals surface area (Å²) >= 11 is 0. The van der Waals surface area contributed by atoms with Crippen LogP contribution in [-0.4, -0.2) is 43.8 Å². The van der Waals surface area contributed by atoms with Crippen LogP contribution in [0.3, 0.4) is 0 Å². The largest absolute Gasteiger partial charge is 0.456 e. The Balaban J connectivity index is 1.28. The van der Waals surface area contributed by atoms with Gasteiger partial charge in [0.15, 0.2) is 0 Å². The van der Waals surface area contributed by atoms with Gasteiger partial charge in [0.2, 0.25) is 5.91 Å². The molecule has 204 valence electrons. The standard InChI is InChI=1S/C30H34N4O4S/c1-20-13-21(14-29(35)33-23-16-32-34(17-23)30(2,3)4)5-8-27(20)38-28-9-11-31-26-7-6-24(15-25(26)28)39(36)19-22-10-12-37-18-22/h5-9,11,13,15-17,22H,10,12,14,18-19H2,1-4H3,(H,33,35). The molecule has 1 fully saturated rings. The Kier molecular flexibility index (Phi) is 7.81. The van der Waals surface area contributed by atoms with Crippen molar-refractivity contribution in [1.82, 2.24) is 14.8 Å². The molecule has 0 radical (unpaired) electrons. The Morgan fingerprint density at radius 2 is 2.03 bits per heavy atom. The van der Waals surface area contributed by atoms with Gasteiger partial charge in [-0.2, -0.15) is 5.10 Å². The maximum absolute atomic E-state index is 13.0. The summed E-state index contributed by atoms with van der Waals surface area (Å²) in [5.74, 6) is 2.15. The normalized spacial score (nSPS) is 16.4. The average Bonchev–Trinajstić information content (AvgIpc) is 3.58. The van der Waals surface area contributed by atoms with Gasteiger partial charge in [-0.1, -0.05) is 12.1 Å². The number of rotatable bonds is 8. The highest BCUT2D eigenvalue weighted by Gasteiger charge is 2.20. The zero-order valence-corrected chi connectivity index (χ0v) is 23.6. The number of hydrogen-bond donors (Lipinski definition) is 1. The van der Waals surface area contributed by atoms with Crippen molar-refractivity contribution in [2.45, 2.75) is 51.0 Å². The van der Waals surface area contributed by atoms with Gasteiger partial charge in [-0.3, -0.25) is 18.7 Å². The van der Waals surface area contributed by atoms with Gasteiger partial charge in [-0.15, -0.1) is 0 Å². The SMILES string of the molecule is Cc1cc(CC(=O)Nc2cnn(C(C)(C)C)c2)ccc1Oc1ccnc2ccc(S(=O)CC3CCOC3)cc12. The van der Waals surface area contributed by atoms with Gasteiger partial charge in [0.1, 0.15) is 11.5 Å². The second-order valence-corrected chi connectivity index (χ2v) is 12.5. The van der Waals surface area contributed by atoms with E-state index in [2.05, 4.69) is 36.2 Å². The van der Waals surface area contributed by atoms with Crippen LogP contribution in [0.2, 0.25) is 0 Å². The lowest BCUT2D eigenvalue weighted by atomic mass is 10.1. The lowest BCUT2D eigenvalue weighted by Crippen LogP contribution is -2.22. The summed E-state index contributed by atoms with van der Waals surface area (Å²) in [6, 6.07) is 13.2. The molecule has 5 rings (SSSR count). The molecular weight excluding hydrogens is 512 g/mol. The Morgan fingerprint density at radius 1 is 1.18 bits per heavy atom. The van der Waals surface area contributed by atoms with E-state index in [1.807, 2.05) is 60.3 Å². The number of nitrogens with zero attached hydrogens (tertiary/aromatic N) is 3. The van der Waals surface area contributed by atoms with Crippen molar-refractivity contribution >= 4 is 33.3 Å². The number of amides is 1. The molecular formula is C30H34N4O4S. The minimum absolute atomic E-state index is 0.110. The molecule has 0 spiro atoms. The first-order chi connectivity index (χ1) is 18.7. The Hall–Kier alpha value is -3.56. The molecule has 2 atom stereocenters. The second kappa shape index (κ2) is 11.3. The summed E-state index contributed by atoms with van der Waals surface area (Å²) in [5, 5.41) is 8.06. The van der Waals surface area contributed by atoms with Gasteiger partial charge in [-0.25, -0.2) is 0 Å². The van der Waals surface area contributed by atoms with Crippen molar-refractivity contribution in [2.24, 2.45) is 5.92 Å². The van der Waals surface area contributed by atoms with Gasteiger partial charge >= 0.3 is 0 Å². The molecule has 39 heavy (non-hydrogen) atoms. The van der Waals surface area contributed by atoms with E-state index in [9.17, 15) is 9.00 Å². The molecule has 0 bridgehead atoms. The van der Waals surface area contributed by atoms with E-state index in [1.54, 1.807) is 12.4 Å². The molecule has 2 aromatic heterocycles. The molecule has 3 heterocycles. The van der Waals surface area contributed by atoms with Gasteiger partial charge in [0.25, 0.3) is 0 Å². The third kappa shape index (κ3) is 6.54. The van der Waals surface area contributed by atoms with E-state index in [-0.39, 0.29) is 17.9 Å². The van der Waals surface area contributed by atoms with Crippen LogP contribution in [0, 0.1) is 12.8 Å². The minimum atomic E-state index is -1.12. The first-order valence-electron chi connectivity index (χ1n) is 13.1. The predicted octanol–water partition coefficient (Wildman–Crippen LogP) is 5.61. The third-order valence-corrected chi connectivity index (χ3v) is 8.28. The number of benzene rings is 2. The first kappa shape index (κ1) is 27.0. The van der Waals surface area contributed by atoms with E-state index in [0.717, 1.165) is 40.0 Å². The number of anilines is 1. The van der Waals surface area contributed by atoms with Crippen LogP contribution in [0.4, 0.5) is 5.69 Å². The zero-order valence-electron chi connectivity index (χ0n) is 22.8. The highest BCUT2D eigenvalue weighted by molar-refractivity contribution is 7.85. The summed E-state index contributed by atoms with van der Waals surface area (Å²) in [5.41, 5.74) is 3.09. The Morgan fingerprint density at radius 3 is 2.74 bits per heavy atom. The topological polar surface area (TPSA) is 95.3 Å². The van der Waals surface area contributed by atoms with Gasteiger partial charge in [0, 0.05) is 35.0 Å². The summed E-state index contributed by atoms with van der Waals surface area (Å²) in [6.07, 6.45) is 6.40. The summed E-state index contributed by atoms with van der Waals surface area (Å²) in [4.78, 5) is 17.9. The fraction of sp³-hybridized carbons (Fsp3) is 0.367. The number of nitrogens with one attached hydrogen (secondary N) is 1. The predicted molar refractivity (Wildman–Crippen MR) is 153 cm³/mol. The fourth-order valence-corrected chi connectivity index (χ4v) is 5.91. The van der Waals surface area contributed by atoms with E-state index >= 15 is 0 Å². The molecule has 9 heteroatoms. The van der Waals surface area contributed by atoms with Crippen molar-refractivity contribution < 1.29 is 18.5 Å². The van der Waals surface area contributed by atoms with Crippen LogP contribution in [0.1, 0.15) is 38.3 Å². The number of carbonyl (C=O) groups is 1. The molecule has 1 N–H and O–H groups in total. The van der Waals surface area contributed by atoms with Crippen molar-refractivity contribution in [3.8, 4) is 11.5 Å². The highest BCUT2D eigenvalue weighted by Crippen LogP contribution is 2.32. The number of fused-ring (bicyclic) bond motifs is 1. The van der Waals surface area contributed by atoms with Crippen LogP contribution < -0.4 is 10.1 Å². The van der Waals surface area contributed by atoms with Crippen LogP contribution in [0.5, 0.6) is 11.5 Å².